The zero-order chi connectivity index (χ0) is 20.9. The van der Waals surface area contributed by atoms with Crippen LogP contribution in [0.25, 0.3) is 0 Å². The Morgan fingerprint density at radius 3 is 1.77 bits per heavy atom. The van der Waals surface area contributed by atoms with E-state index in [4.69, 9.17) is 0 Å². The smallest absolute Gasteiger partial charge is 0.145 e. The summed E-state index contributed by atoms with van der Waals surface area (Å²) in [6, 6.07) is 0. The molecule has 1 rings (SSSR count). The molecule has 0 aromatic rings. The Labute approximate surface area is 162 Å². The number of rotatable bonds is 7. The molecule has 0 amide bonds. The lowest BCUT2D eigenvalue weighted by atomic mass is 9.50. The maximum atomic E-state index is 13.9. The highest BCUT2D eigenvalue weighted by Gasteiger charge is 2.73. The number of carbonyl (C=O) groups is 2. The maximum Gasteiger partial charge on any atom is 0.145 e. The molecule has 1 fully saturated rings. The molecule has 0 spiro atoms. The Morgan fingerprint density at radius 2 is 1.38 bits per heavy atom. The van der Waals surface area contributed by atoms with E-state index < -0.39 is 10.8 Å². The number of carbonyl (C=O) groups excluding carboxylic acids is 2. The van der Waals surface area contributed by atoms with Gasteiger partial charge in [-0.05, 0) is 41.4 Å². The van der Waals surface area contributed by atoms with Gasteiger partial charge in [-0.1, -0.05) is 82.6 Å². The van der Waals surface area contributed by atoms with Crippen molar-refractivity contribution >= 4 is 11.6 Å². The van der Waals surface area contributed by atoms with Gasteiger partial charge in [0.15, 0.2) is 0 Å². The van der Waals surface area contributed by atoms with Crippen molar-refractivity contribution in [3.63, 3.8) is 0 Å². The molecule has 6 unspecified atom stereocenters. The third-order valence-corrected chi connectivity index (χ3v) is 9.80. The Kier molecular flexibility index (Phi) is 6.35. The monoisotopic (exact) mass is 364 g/mol. The minimum absolute atomic E-state index is 0.187. The van der Waals surface area contributed by atoms with Crippen LogP contribution in [0.4, 0.5) is 0 Å². The lowest BCUT2D eigenvalue weighted by Gasteiger charge is -2.53. The Balaban J connectivity index is 3.56. The van der Waals surface area contributed by atoms with Crippen LogP contribution in [0, 0.1) is 45.3 Å². The van der Waals surface area contributed by atoms with Gasteiger partial charge in [0.2, 0.25) is 0 Å². The molecule has 152 valence electrons. The van der Waals surface area contributed by atoms with Crippen molar-refractivity contribution < 1.29 is 9.59 Å². The minimum Gasteiger partial charge on any atom is -0.300 e. The summed E-state index contributed by atoms with van der Waals surface area (Å²) >= 11 is 0. The molecule has 1 saturated carbocycles. The van der Waals surface area contributed by atoms with Crippen molar-refractivity contribution in [2.45, 2.75) is 95.9 Å². The second kappa shape index (κ2) is 7.06. The molecule has 0 aromatic heterocycles. The molecular weight excluding hydrogens is 320 g/mol. The summed E-state index contributed by atoms with van der Waals surface area (Å²) in [7, 11) is 0. The third-order valence-electron chi connectivity index (χ3n) is 9.80. The first-order valence-corrected chi connectivity index (χ1v) is 10.6. The van der Waals surface area contributed by atoms with E-state index in [1.54, 1.807) is 6.92 Å². The average Bonchev–Trinajstić information content (AvgIpc) is 2.62. The van der Waals surface area contributed by atoms with Crippen LogP contribution in [0.2, 0.25) is 0 Å². The van der Waals surface area contributed by atoms with Crippen molar-refractivity contribution in [1.82, 2.24) is 0 Å². The number of ketones is 2. The predicted octanol–water partition coefficient (Wildman–Crippen LogP) is 6.57. The molecule has 0 bridgehead atoms. The first-order valence-electron chi connectivity index (χ1n) is 10.6. The molecule has 26 heavy (non-hydrogen) atoms. The largest absolute Gasteiger partial charge is 0.300 e. The summed E-state index contributed by atoms with van der Waals surface area (Å²) in [5.74, 6) is 2.36. The van der Waals surface area contributed by atoms with Crippen molar-refractivity contribution in [3.05, 3.63) is 0 Å². The fraction of sp³-hybridized carbons (Fsp3) is 0.917. The fourth-order valence-corrected chi connectivity index (χ4v) is 6.01. The Hall–Kier alpha value is -0.660. The van der Waals surface area contributed by atoms with E-state index in [1.807, 2.05) is 0 Å². The number of hydrogen-bond donors (Lipinski definition) is 0. The maximum absolute atomic E-state index is 13.9. The molecular formula is C24H44O2. The highest BCUT2D eigenvalue weighted by atomic mass is 16.1. The van der Waals surface area contributed by atoms with E-state index in [0.717, 1.165) is 6.42 Å². The van der Waals surface area contributed by atoms with Gasteiger partial charge in [-0.25, -0.2) is 0 Å². The summed E-state index contributed by atoms with van der Waals surface area (Å²) < 4.78 is 0. The summed E-state index contributed by atoms with van der Waals surface area (Å²) in [5, 5.41) is 0. The molecule has 0 heterocycles. The van der Waals surface area contributed by atoms with Gasteiger partial charge in [-0.3, -0.25) is 4.79 Å². The number of Topliss-reactive ketones (excluding diaryl/α,β-unsaturated/α-hetero) is 2. The first kappa shape index (κ1) is 23.4. The van der Waals surface area contributed by atoms with Gasteiger partial charge in [-0.2, -0.15) is 0 Å². The zero-order valence-corrected chi connectivity index (χ0v) is 19.5. The van der Waals surface area contributed by atoms with Crippen molar-refractivity contribution in [2.24, 2.45) is 45.3 Å². The standard InChI is InChI=1S/C24H44O2/c1-13-15(2)17(4)18(5)19(6)24(12)20(26)21(7,8)22(9,10)23(24,11)14-16(3)25/h15,17-19H,13-14H2,1-12H3. The average molecular weight is 365 g/mol. The van der Waals surface area contributed by atoms with E-state index in [-0.39, 0.29) is 22.5 Å². The van der Waals surface area contributed by atoms with Crippen LogP contribution in [-0.4, -0.2) is 11.6 Å². The van der Waals surface area contributed by atoms with Crippen LogP contribution in [0.3, 0.4) is 0 Å². The van der Waals surface area contributed by atoms with E-state index in [1.165, 1.54) is 0 Å². The highest BCUT2D eigenvalue weighted by molar-refractivity contribution is 5.95. The van der Waals surface area contributed by atoms with Crippen LogP contribution in [-0.2, 0) is 9.59 Å². The Morgan fingerprint density at radius 1 is 0.923 bits per heavy atom. The molecule has 0 N–H and O–H groups in total. The topological polar surface area (TPSA) is 34.1 Å². The van der Waals surface area contributed by atoms with E-state index >= 15 is 0 Å². The molecule has 2 nitrogen and oxygen atoms in total. The van der Waals surface area contributed by atoms with Gasteiger partial charge in [0.05, 0.1) is 0 Å². The quantitative estimate of drug-likeness (QED) is 0.512. The van der Waals surface area contributed by atoms with Crippen molar-refractivity contribution in [2.75, 3.05) is 0 Å². The molecule has 0 saturated heterocycles. The van der Waals surface area contributed by atoms with Crippen molar-refractivity contribution in [1.29, 1.82) is 0 Å². The molecule has 6 atom stereocenters. The molecule has 0 aromatic carbocycles. The minimum atomic E-state index is -0.507. The van der Waals surface area contributed by atoms with Crippen LogP contribution >= 0.6 is 0 Å². The van der Waals surface area contributed by atoms with Gasteiger partial charge in [0.25, 0.3) is 0 Å². The Bertz CT molecular complexity index is 559. The summed E-state index contributed by atoms with van der Waals surface area (Å²) in [5.41, 5.74) is -1.55. The SMILES string of the molecule is CCC(C)C(C)C(C)C(C)C1(C)C(=O)C(C)(C)C(C)(C)C1(C)CC(C)=O. The first-order chi connectivity index (χ1) is 11.5. The summed E-state index contributed by atoms with van der Waals surface area (Å²) in [4.78, 5) is 26.1. The second-order valence-corrected chi connectivity index (χ2v) is 10.9. The lowest BCUT2D eigenvalue weighted by molar-refractivity contribution is -0.141. The van der Waals surface area contributed by atoms with Gasteiger partial charge < -0.3 is 4.79 Å². The number of hydrogen-bond acceptors (Lipinski definition) is 2. The molecule has 1 aliphatic carbocycles. The van der Waals surface area contributed by atoms with Crippen molar-refractivity contribution in [3.8, 4) is 0 Å². The lowest BCUT2D eigenvalue weighted by Crippen LogP contribution is -2.50. The van der Waals surface area contributed by atoms with E-state index in [0.29, 0.717) is 30.0 Å². The van der Waals surface area contributed by atoms with E-state index in [9.17, 15) is 9.59 Å². The second-order valence-electron chi connectivity index (χ2n) is 10.9. The zero-order valence-electron chi connectivity index (χ0n) is 19.5. The van der Waals surface area contributed by atoms with Crippen LogP contribution < -0.4 is 0 Å². The predicted molar refractivity (Wildman–Crippen MR) is 111 cm³/mol. The third kappa shape index (κ3) is 2.90. The van der Waals surface area contributed by atoms with Gasteiger partial charge >= 0.3 is 0 Å². The highest BCUT2D eigenvalue weighted by Crippen LogP contribution is 2.72. The molecule has 0 aliphatic heterocycles. The van der Waals surface area contributed by atoms with Gasteiger partial charge in [0.1, 0.15) is 11.6 Å². The fourth-order valence-electron chi connectivity index (χ4n) is 6.01. The van der Waals surface area contributed by atoms with E-state index in [2.05, 4.69) is 76.2 Å². The molecule has 1 aliphatic rings. The van der Waals surface area contributed by atoms with Crippen LogP contribution in [0.1, 0.15) is 95.9 Å². The molecule has 0 radical (unpaired) electrons. The van der Waals surface area contributed by atoms with Gasteiger partial charge in [0, 0.05) is 17.3 Å². The van der Waals surface area contributed by atoms with Crippen LogP contribution in [0.5, 0.6) is 0 Å². The van der Waals surface area contributed by atoms with Crippen LogP contribution in [0.15, 0.2) is 0 Å². The summed E-state index contributed by atoms with van der Waals surface area (Å²) in [6.45, 7) is 26.1. The van der Waals surface area contributed by atoms with Gasteiger partial charge in [-0.15, -0.1) is 0 Å². The normalized spacial score (nSPS) is 35.0. The summed E-state index contributed by atoms with van der Waals surface area (Å²) in [6.07, 6.45) is 1.63. The molecule has 2 heteroatoms.